The van der Waals surface area contributed by atoms with Crippen LogP contribution in [0.5, 0.6) is 0 Å². The van der Waals surface area contributed by atoms with Crippen molar-refractivity contribution < 1.29 is 0 Å². The smallest absolute Gasteiger partial charge is 0.0879 e. The van der Waals surface area contributed by atoms with Gasteiger partial charge in [-0.15, -0.1) is 0 Å². The second kappa shape index (κ2) is 5.46. The lowest BCUT2D eigenvalue weighted by molar-refractivity contribution is 0.621. The van der Waals surface area contributed by atoms with Crippen molar-refractivity contribution in [2.24, 2.45) is 5.18 Å². The fraction of sp³-hybridized carbons (Fsp3) is 0.455. The molecule has 0 fully saturated rings. The molecule has 0 N–H and O–H groups in total. The molecule has 1 atom stereocenters. The van der Waals surface area contributed by atoms with E-state index in [-0.39, 0.29) is 0 Å². The highest BCUT2D eigenvalue weighted by Gasteiger charge is 2.09. The third kappa shape index (κ3) is 2.98. The molecule has 0 saturated heterocycles. The molecule has 0 aliphatic rings. The molecule has 1 rings (SSSR count). The molecule has 0 amide bonds. The summed E-state index contributed by atoms with van der Waals surface area (Å²) in [6.07, 6.45) is 2.13. The molecule has 0 spiro atoms. The Labute approximate surface area is 79.0 Å². The first-order valence-electron chi connectivity index (χ1n) is 4.72. The second-order valence-corrected chi connectivity index (χ2v) is 3.21. The number of nitroso groups, excluding NO2 is 1. The molecule has 1 aromatic rings. The number of hydrogen-bond donors (Lipinski definition) is 0. The number of benzene rings is 1. The molecular weight excluding hydrogens is 162 g/mol. The second-order valence-electron chi connectivity index (χ2n) is 3.21. The molecule has 0 aliphatic heterocycles. The average molecular weight is 177 g/mol. The van der Waals surface area contributed by atoms with Gasteiger partial charge >= 0.3 is 0 Å². The van der Waals surface area contributed by atoms with Gasteiger partial charge in [-0.1, -0.05) is 48.9 Å². The zero-order valence-electron chi connectivity index (χ0n) is 7.94. The summed E-state index contributed by atoms with van der Waals surface area (Å²) in [7, 11) is 0. The maximum absolute atomic E-state index is 10.2. The van der Waals surface area contributed by atoms with Gasteiger partial charge in [0.2, 0.25) is 0 Å². The Kier molecular flexibility index (Phi) is 4.16. The first-order chi connectivity index (χ1) is 6.38. The largest absolute Gasteiger partial charge is 0.151 e. The van der Waals surface area contributed by atoms with Gasteiger partial charge in [-0.05, 0) is 12.0 Å². The van der Waals surface area contributed by atoms with E-state index in [4.69, 9.17) is 0 Å². The molecule has 0 aromatic heterocycles. The van der Waals surface area contributed by atoms with Gasteiger partial charge in [-0.25, -0.2) is 0 Å². The predicted octanol–water partition coefficient (Wildman–Crippen LogP) is 3.34. The fourth-order valence-electron chi connectivity index (χ4n) is 1.53. The minimum absolute atomic E-state index is 0.309. The molecule has 0 bridgehead atoms. The SMILES string of the molecule is CCCC(CN=O)c1ccccc1. The van der Waals surface area contributed by atoms with Gasteiger partial charge in [-0.2, -0.15) is 4.91 Å². The summed E-state index contributed by atoms with van der Waals surface area (Å²) in [5.74, 6) is 0.309. The van der Waals surface area contributed by atoms with E-state index in [1.54, 1.807) is 0 Å². The lowest BCUT2D eigenvalue weighted by Crippen LogP contribution is -2.01. The van der Waals surface area contributed by atoms with E-state index in [1.165, 1.54) is 5.56 Å². The summed E-state index contributed by atoms with van der Waals surface area (Å²) >= 11 is 0. The van der Waals surface area contributed by atoms with Gasteiger partial charge in [0, 0.05) is 5.92 Å². The van der Waals surface area contributed by atoms with Crippen molar-refractivity contribution in [1.82, 2.24) is 0 Å². The van der Waals surface area contributed by atoms with Crippen LogP contribution in [0, 0.1) is 4.91 Å². The van der Waals surface area contributed by atoms with E-state index in [0.29, 0.717) is 12.5 Å². The third-order valence-electron chi connectivity index (χ3n) is 2.20. The zero-order chi connectivity index (χ0) is 9.52. The van der Waals surface area contributed by atoms with Crippen LogP contribution in [0.15, 0.2) is 35.5 Å². The van der Waals surface area contributed by atoms with Gasteiger partial charge in [0.15, 0.2) is 0 Å². The molecule has 0 saturated carbocycles. The Morgan fingerprint density at radius 2 is 2.00 bits per heavy atom. The van der Waals surface area contributed by atoms with Crippen LogP contribution in [0.4, 0.5) is 0 Å². The highest BCUT2D eigenvalue weighted by Crippen LogP contribution is 2.20. The summed E-state index contributed by atoms with van der Waals surface area (Å²) in [6, 6.07) is 10.1. The Morgan fingerprint density at radius 3 is 2.54 bits per heavy atom. The van der Waals surface area contributed by atoms with E-state index in [1.807, 2.05) is 18.2 Å². The van der Waals surface area contributed by atoms with Gasteiger partial charge in [0.25, 0.3) is 0 Å². The van der Waals surface area contributed by atoms with Crippen molar-refractivity contribution in [1.29, 1.82) is 0 Å². The minimum Gasteiger partial charge on any atom is -0.151 e. The van der Waals surface area contributed by atoms with E-state index >= 15 is 0 Å². The minimum atomic E-state index is 0.309. The van der Waals surface area contributed by atoms with Gasteiger partial charge < -0.3 is 0 Å². The van der Waals surface area contributed by atoms with Crippen LogP contribution < -0.4 is 0 Å². The standard InChI is InChI=1S/C11H15NO/c1-2-6-11(9-12-13)10-7-4-3-5-8-10/h3-5,7-8,11H,2,6,9H2,1H3. The van der Waals surface area contributed by atoms with Crippen LogP contribution in [0.2, 0.25) is 0 Å². The lowest BCUT2D eigenvalue weighted by Gasteiger charge is -2.11. The maximum atomic E-state index is 10.2. The van der Waals surface area contributed by atoms with Gasteiger partial charge in [0.05, 0.1) is 6.54 Å². The van der Waals surface area contributed by atoms with E-state index < -0.39 is 0 Å². The number of hydrogen-bond acceptors (Lipinski definition) is 2. The maximum Gasteiger partial charge on any atom is 0.0879 e. The van der Waals surface area contributed by atoms with E-state index in [9.17, 15) is 4.91 Å². The van der Waals surface area contributed by atoms with Gasteiger partial charge in [0.1, 0.15) is 0 Å². The lowest BCUT2D eigenvalue weighted by atomic mass is 9.95. The first kappa shape index (κ1) is 9.90. The molecule has 2 heteroatoms. The van der Waals surface area contributed by atoms with Crippen LogP contribution >= 0.6 is 0 Å². The Hall–Kier alpha value is -1.18. The van der Waals surface area contributed by atoms with Gasteiger partial charge in [-0.3, -0.25) is 0 Å². The molecule has 1 aromatic carbocycles. The molecule has 13 heavy (non-hydrogen) atoms. The molecule has 70 valence electrons. The van der Waals surface area contributed by atoms with Crippen LogP contribution in [0.1, 0.15) is 31.2 Å². The van der Waals surface area contributed by atoms with Crippen molar-refractivity contribution >= 4 is 0 Å². The van der Waals surface area contributed by atoms with E-state index in [0.717, 1.165) is 12.8 Å². The summed E-state index contributed by atoms with van der Waals surface area (Å²) in [5, 5.41) is 2.98. The van der Waals surface area contributed by atoms with Crippen molar-refractivity contribution in [3.63, 3.8) is 0 Å². The molecule has 1 unspecified atom stereocenters. The molecule has 0 heterocycles. The Balaban J connectivity index is 2.69. The van der Waals surface area contributed by atoms with Crippen LogP contribution in [-0.2, 0) is 0 Å². The van der Waals surface area contributed by atoms with Crippen molar-refractivity contribution in [2.45, 2.75) is 25.7 Å². The summed E-state index contributed by atoms with van der Waals surface area (Å²) in [4.78, 5) is 10.2. The Morgan fingerprint density at radius 1 is 1.31 bits per heavy atom. The summed E-state index contributed by atoms with van der Waals surface area (Å²) in [6.45, 7) is 2.53. The van der Waals surface area contributed by atoms with Crippen LogP contribution in [-0.4, -0.2) is 6.54 Å². The van der Waals surface area contributed by atoms with Crippen molar-refractivity contribution in [2.75, 3.05) is 6.54 Å². The first-order valence-corrected chi connectivity index (χ1v) is 4.72. The predicted molar refractivity (Wildman–Crippen MR) is 54.8 cm³/mol. The molecular formula is C11H15NO. The monoisotopic (exact) mass is 177 g/mol. The van der Waals surface area contributed by atoms with Crippen LogP contribution in [0.3, 0.4) is 0 Å². The topological polar surface area (TPSA) is 29.4 Å². The Bertz CT molecular complexity index is 246. The molecule has 2 nitrogen and oxygen atoms in total. The van der Waals surface area contributed by atoms with E-state index in [2.05, 4.69) is 24.2 Å². The van der Waals surface area contributed by atoms with Crippen LogP contribution in [0.25, 0.3) is 0 Å². The zero-order valence-corrected chi connectivity index (χ0v) is 7.94. The van der Waals surface area contributed by atoms with Crippen molar-refractivity contribution in [3.05, 3.63) is 40.8 Å². The highest BCUT2D eigenvalue weighted by molar-refractivity contribution is 5.19. The normalized spacial score (nSPS) is 12.4. The fourth-order valence-corrected chi connectivity index (χ4v) is 1.53. The van der Waals surface area contributed by atoms with Crippen molar-refractivity contribution in [3.8, 4) is 0 Å². The quantitative estimate of drug-likeness (QED) is 0.634. The number of nitrogens with zero attached hydrogens (tertiary/aromatic N) is 1. The summed E-state index contributed by atoms with van der Waals surface area (Å²) < 4.78 is 0. The number of rotatable bonds is 5. The molecule has 0 radical (unpaired) electrons. The average Bonchev–Trinajstić information content (AvgIpc) is 2.19. The third-order valence-corrected chi connectivity index (χ3v) is 2.20. The summed E-state index contributed by atoms with van der Waals surface area (Å²) in [5.41, 5.74) is 1.23. The highest BCUT2D eigenvalue weighted by atomic mass is 16.3. The molecule has 0 aliphatic carbocycles.